The summed E-state index contributed by atoms with van der Waals surface area (Å²) in [7, 11) is -2.20. The van der Waals surface area contributed by atoms with E-state index in [-0.39, 0.29) is 10.8 Å². The number of amides is 1. The van der Waals surface area contributed by atoms with Crippen LogP contribution in [0.1, 0.15) is 27.0 Å². The Hall–Kier alpha value is -3.12. The van der Waals surface area contributed by atoms with E-state index in [4.69, 9.17) is 0 Å². The van der Waals surface area contributed by atoms with E-state index in [0.717, 1.165) is 22.4 Å². The van der Waals surface area contributed by atoms with Crippen LogP contribution in [0.3, 0.4) is 0 Å². The van der Waals surface area contributed by atoms with Crippen LogP contribution < -0.4 is 9.62 Å². The number of rotatable bonds is 5. The summed E-state index contributed by atoms with van der Waals surface area (Å²) in [5.74, 6) is -0.277. The van der Waals surface area contributed by atoms with E-state index in [1.807, 2.05) is 39.0 Å². The minimum Gasteiger partial charge on any atom is -0.322 e. The molecule has 0 aliphatic carbocycles. The van der Waals surface area contributed by atoms with Crippen LogP contribution in [-0.2, 0) is 10.0 Å². The van der Waals surface area contributed by atoms with Gasteiger partial charge in [0.05, 0.1) is 10.6 Å². The topological polar surface area (TPSA) is 66.5 Å². The quantitative estimate of drug-likeness (QED) is 0.666. The number of carbonyl (C=O) groups is 1. The standard InChI is InChI=1S/C23H24N2O3S/c1-16-14-17(2)22(18(3)15-16)24-23(26)19-10-12-21(13-11-19)29(27,28)25(4)20-8-6-5-7-9-20/h5-15H,1-4H3,(H,24,26). The molecule has 1 N–H and O–H groups in total. The molecule has 3 aromatic carbocycles. The van der Waals surface area contributed by atoms with Crippen LogP contribution in [-0.4, -0.2) is 21.4 Å². The number of anilines is 2. The molecular weight excluding hydrogens is 384 g/mol. The van der Waals surface area contributed by atoms with Gasteiger partial charge in [0, 0.05) is 18.3 Å². The first-order valence-electron chi connectivity index (χ1n) is 9.23. The van der Waals surface area contributed by atoms with E-state index in [9.17, 15) is 13.2 Å². The van der Waals surface area contributed by atoms with Crippen molar-refractivity contribution in [3.05, 3.63) is 89.0 Å². The molecule has 0 saturated carbocycles. The van der Waals surface area contributed by atoms with E-state index in [0.29, 0.717) is 11.3 Å². The molecule has 0 spiro atoms. The molecule has 0 aliphatic heterocycles. The van der Waals surface area contributed by atoms with Crippen LogP contribution in [0.2, 0.25) is 0 Å². The second kappa shape index (κ2) is 8.09. The van der Waals surface area contributed by atoms with Gasteiger partial charge in [-0.05, 0) is 68.3 Å². The molecule has 6 heteroatoms. The maximum atomic E-state index is 12.9. The largest absolute Gasteiger partial charge is 0.322 e. The highest BCUT2D eigenvalue weighted by Gasteiger charge is 2.21. The SMILES string of the molecule is Cc1cc(C)c(NC(=O)c2ccc(S(=O)(=O)N(C)c3ccccc3)cc2)c(C)c1. The van der Waals surface area contributed by atoms with E-state index in [1.165, 1.54) is 35.6 Å². The fourth-order valence-corrected chi connectivity index (χ4v) is 4.47. The van der Waals surface area contributed by atoms with Crippen LogP contribution in [0, 0.1) is 20.8 Å². The molecule has 1 amide bonds. The number of hydrogen-bond donors (Lipinski definition) is 1. The number of nitrogens with one attached hydrogen (secondary N) is 1. The number of aryl methyl sites for hydroxylation is 3. The maximum Gasteiger partial charge on any atom is 0.264 e. The molecule has 29 heavy (non-hydrogen) atoms. The van der Waals surface area contributed by atoms with E-state index in [2.05, 4.69) is 5.32 Å². The number of nitrogens with zero attached hydrogens (tertiary/aromatic N) is 1. The maximum absolute atomic E-state index is 12.9. The van der Waals surface area contributed by atoms with Crippen molar-refractivity contribution in [2.24, 2.45) is 0 Å². The summed E-state index contributed by atoms with van der Waals surface area (Å²) in [6.07, 6.45) is 0. The van der Waals surface area contributed by atoms with Crippen molar-refractivity contribution in [2.45, 2.75) is 25.7 Å². The van der Waals surface area contributed by atoms with Gasteiger partial charge in [0.1, 0.15) is 0 Å². The Labute approximate surface area is 172 Å². The Morgan fingerprint density at radius 3 is 1.97 bits per heavy atom. The van der Waals surface area contributed by atoms with Crippen molar-refractivity contribution in [3.63, 3.8) is 0 Å². The van der Waals surface area contributed by atoms with Crippen molar-refractivity contribution < 1.29 is 13.2 Å². The molecule has 3 aromatic rings. The highest BCUT2D eigenvalue weighted by Crippen LogP contribution is 2.24. The zero-order valence-electron chi connectivity index (χ0n) is 16.9. The smallest absolute Gasteiger partial charge is 0.264 e. The lowest BCUT2D eigenvalue weighted by Crippen LogP contribution is -2.26. The summed E-state index contributed by atoms with van der Waals surface area (Å²) in [5.41, 5.74) is 4.85. The fourth-order valence-electron chi connectivity index (χ4n) is 3.28. The third-order valence-corrected chi connectivity index (χ3v) is 6.61. The monoisotopic (exact) mass is 408 g/mol. The number of carbonyl (C=O) groups excluding carboxylic acids is 1. The Kier molecular flexibility index (Phi) is 5.75. The molecular formula is C23H24N2O3S. The van der Waals surface area contributed by atoms with Gasteiger partial charge in [0.25, 0.3) is 15.9 Å². The van der Waals surface area contributed by atoms with Gasteiger partial charge in [0.2, 0.25) is 0 Å². The van der Waals surface area contributed by atoms with Gasteiger partial charge in [-0.15, -0.1) is 0 Å². The minimum absolute atomic E-state index is 0.128. The lowest BCUT2D eigenvalue weighted by molar-refractivity contribution is 0.102. The van der Waals surface area contributed by atoms with Crippen LogP contribution >= 0.6 is 0 Å². The average molecular weight is 409 g/mol. The lowest BCUT2D eigenvalue weighted by atomic mass is 10.0. The van der Waals surface area contributed by atoms with Gasteiger partial charge in [0.15, 0.2) is 0 Å². The first-order chi connectivity index (χ1) is 13.7. The molecule has 0 saturated heterocycles. The van der Waals surface area contributed by atoms with Crippen LogP contribution in [0.5, 0.6) is 0 Å². The molecule has 0 radical (unpaired) electrons. The normalized spacial score (nSPS) is 11.2. The predicted octanol–water partition coefficient (Wildman–Crippen LogP) is 4.69. The molecule has 150 valence electrons. The van der Waals surface area contributed by atoms with Crippen molar-refractivity contribution in [3.8, 4) is 0 Å². The lowest BCUT2D eigenvalue weighted by Gasteiger charge is -2.19. The zero-order chi connectivity index (χ0) is 21.2. The van der Waals surface area contributed by atoms with Crippen LogP contribution in [0.25, 0.3) is 0 Å². The third kappa shape index (κ3) is 4.32. The van der Waals surface area contributed by atoms with Crippen LogP contribution in [0.4, 0.5) is 11.4 Å². The van der Waals surface area contributed by atoms with E-state index in [1.54, 1.807) is 24.3 Å². The second-order valence-electron chi connectivity index (χ2n) is 7.06. The summed E-state index contributed by atoms with van der Waals surface area (Å²) in [6.45, 7) is 5.91. The van der Waals surface area contributed by atoms with Gasteiger partial charge in [-0.2, -0.15) is 0 Å². The van der Waals surface area contributed by atoms with Gasteiger partial charge in [-0.1, -0.05) is 35.9 Å². The Bertz CT molecular complexity index is 1120. The van der Waals surface area contributed by atoms with Crippen LogP contribution in [0.15, 0.2) is 71.6 Å². The number of hydrogen-bond acceptors (Lipinski definition) is 3. The van der Waals surface area contributed by atoms with Gasteiger partial charge in [-0.25, -0.2) is 8.42 Å². The zero-order valence-corrected chi connectivity index (χ0v) is 17.7. The predicted molar refractivity (Wildman–Crippen MR) is 117 cm³/mol. The first kappa shape index (κ1) is 20.6. The summed E-state index contributed by atoms with van der Waals surface area (Å²) in [4.78, 5) is 12.8. The van der Waals surface area contributed by atoms with E-state index < -0.39 is 10.0 Å². The number of sulfonamides is 1. The Morgan fingerprint density at radius 1 is 0.862 bits per heavy atom. The Morgan fingerprint density at radius 2 is 1.41 bits per heavy atom. The van der Waals surface area contributed by atoms with Gasteiger partial charge in [-0.3, -0.25) is 9.10 Å². The molecule has 5 nitrogen and oxygen atoms in total. The van der Waals surface area contributed by atoms with Gasteiger partial charge < -0.3 is 5.32 Å². The molecule has 0 aliphatic rings. The summed E-state index contributed by atoms with van der Waals surface area (Å²) in [5, 5.41) is 2.93. The molecule has 0 aromatic heterocycles. The molecule has 0 unspecified atom stereocenters. The van der Waals surface area contributed by atoms with Crippen molar-refractivity contribution in [2.75, 3.05) is 16.7 Å². The van der Waals surface area contributed by atoms with Gasteiger partial charge >= 0.3 is 0 Å². The highest BCUT2D eigenvalue weighted by atomic mass is 32.2. The molecule has 0 fully saturated rings. The highest BCUT2D eigenvalue weighted by molar-refractivity contribution is 7.92. The minimum atomic E-state index is -3.71. The first-order valence-corrected chi connectivity index (χ1v) is 10.7. The summed E-state index contributed by atoms with van der Waals surface area (Å²) >= 11 is 0. The average Bonchev–Trinajstić information content (AvgIpc) is 2.70. The second-order valence-corrected chi connectivity index (χ2v) is 9.03. The van der Waals surface area contributed by atoms with Crippen molar-refractivity contribution in [1.29, 1.82) is 0 Å². The Balaban J connectivity index is 1.82. The molecule has 0 atom stereocenters. The van der Waals surface area contributed by atoms with E-state index >= 15 is 0 Å². The van der Waals surface area contributed by atoms with Crippen molar-refractivity contribution in [1.82, 2.24) is 0 Å². The summed E-state index contributed by atoms with van der Waals surface area (Å²) in [6, 6.07) is 18.8. The summed E-state index contributed by atoms with van der Waals surface area (Å²) < 4.78 is 26.9. The fraction of sp³-hybridized carbons (Fsp3) is 0.174. The number of benzene rings is 3. The molecule has 0 bridgehead atoms. The molecule has 0 heterocycles. The van der Waals surface area contributed by atoms with Crippen molar-refractivity contribution >= 4 is 27.3 Å². The molecule has 3 rings (SSSR count). The third-order valence-electron chi connectivity index (χ3n) is 4.81. The number of para-hydroxylation sites is 1.